The summed E-state index contributed by atoms with van der Waals surface area (Å²) in [5.74, 6) is -1.45. The summed E-state index contributed by atoms with van der Waals surface area (Å²) in [6.07, 6.45) is -0.0110. The molecule has 2 aromatic rings. The first-order valence-electron chi connectivity index (χ1n) is 10.3. The molecule has 0 aliphatic carbocycles. The summed E-state index contributed by atoms with van der Waals surface area (Å²) in [5, 5.41) is 2.71. The number of methoxy groups -OCH3 is 1. The van der Waals surface area contributed by atoms with Gasteiger partial charge in [0.05, 0.1) is 23.6 Å². The minimum atomic E-state index is -3.73. The Morgan fingerprint density at radius 3 is 2.44 bits per heavy atom. The third-order valence-corrected chi connectivity index (χ3v) is 7.45. The van der Waals surface area contributed by atoms with E-state index in [1.807, 2.05) is 0 Å². The molecule has 2 aromatic carbocycles. The summed E-state index contributed by atoms with van der Waals surface area (Å²) < 4.78 is 45.5. The van der Waals surface area contributed by atoms with Crippen molar-refractivity contribution in [2.75, 3.05) is 37.0 Å². The van der Waals surface area contributed by atoms with E-state index >= 15 is 0 Å². The molecule has 0 saturated carbocycles. The predicted octanol–water partition coefficient (Wildman–Crippen LogP) is 2.86. The van der Waals surface area contributed by atoms with Crippen molar-refractivity contribution in [1.29, 1.82) is 0 Å². The van der Waals surface area contributed by atoms with Crippen LogP contribution in [0, 0.1) is 11.7 Å². The van der Waals surface area contributed by atoms with Gasteiger partial charge in [0.2, 0.25) is 21.8 Å². The second kappa shape index (κ2) is 9.66. The van der Waals surface area contributed by atoms with E-state index in [9.17, 15) is 22.4 Å². The summed E-state index contributed by atoms with van der Waals surface area (Å²) in [4.78, 5) is 26.8. The van der Waals surface area contributed by atoms with Gasteiger partial charge < -0.3 is 15.0 Å². The SMILES string of the molecule is CCN(CC)S(=O)(=O)c1ccc(OC)c(NC(=O)C2CC(=O)N(c3ccc(F)cc3)C2)c1. The first-order chi connectivity index (χ1) is 15.2. The Hall–Kier alpha value is -2.98. The van der Waals surface area contributed by atoms with Crippen molar-refractivity contribution in [2.24, 2.45) is 5.92 Å². The molecule has 1 unspecified atom stereocenters. The number of rotatable bonds is 8. The van der Waals surface area contributed by atoms with Gasteiger partial charge in [0.15, 0.2) is 0 Å². The van der Waals surface area contributed by atoms with E-state index in [4.69, 9.17) is 4.74 Å². The summed E-state index contributed by atoms with van der Waals surface area (Å²) in [6, 6.07) is 9.74. The predicted molar refractivity (Wildman–Crippen MR) is 119 cm³/mol. The lowest BCUT2D eigenvalue weighted by molar-refractivity contribution is -0.122. The molecule has 0 spiro atoms. The monoisotopic (exact) mass is 463 g/mol. The fraction of sp³-hybridized carbons (Fsp3) is 0.364. The Kier molecular flexibility index (Phi) is 7.15. The number of halogens is 1. The number of hydrogen-bond donors (Lipinski definition) is 1. The highest BCUT2D eigenvalue weighted by molar-refractivity contribution is 7.89. The zero-order valence-corrected chi connectivity index (χ0v) is 19.0. The molecule has 8 nitrogen and oxygen atoms in total. The average molecular weight is 464 g/mol. The molecule has 0 aromatic heterocycles. The number of amides is 2. The molecule has 0 radical (unpaired) electrons. The standard InChI is InChI=1S/C22H26FN3O5S/c1-4-25(5-2)32(29,30)18-10-11-20(31-3)19(13-18)24-22(28)15-12-21(27)26(14-15)17-8-6-16(23)7-9-17/h6-11,13,15H,4-5,12,14H2,1-3H3,(H,24,28). The molecule has 1 aliphatic heterocycles. The van der Waals surface area contributed by atoms with Crippen molar-refractivity contribution in [2.45, 2.75) is 25.2 Å². The number of hydrogen-bond acceptors (Lipinski definition) is 5. The van der Waals surface area contributed by atoms with Gasteiger partial charge in [0.1, 0.15) is 11.6 Å². The fourth-order valence-corrected chi connectivity index (χ4v) is 5.13. The number of carbonyl (C=O) groups excluding carboxylic acids is 2. The van der Waals surface area contributed by atoms with E-state index in [-0.39, 0.29) is 29.5 Å². The molecule has 1 fully saturated rings. The van der Waals surface area contributed by atoms with Gasteiger partial charge >= 0.3 is 0 Å². The number of carbonyl (C=O) groups is 2. The lowest BCUT2D eigenvalue weighted by Crippen LogP contribution is -2.31. The van der Waals surface area contributed by atoms with Crippen LogP contribution < -0.4 is 15.0 Å². The van der Waals surface area contributed by atoms with E-state index in [1.54, 1.807) is 13.8 Å². The molecule has 1 N–H and O–H groups in total. The maximum absolute atomic E-state index is 13.2. The minimum absolute atomic E-state index is 0.0110. The fourth-order valence-electron chi connectivity index (χ4n) is 3.65. The highest BCUT2D eigenvalue weighted by Crippen LogP contribution is 2.31. The van der Waals surface area contributed by atoms with Crippen LogP contribution >= 0.6 is 0 Å². The average Bonchev–Trinajstić information content (AvgIpc) is 3.16. The number of nitrogens with one attached hydrogen (secondary N) is 1. The van der Waals surface area contributed by atoms with E-state index in [1.165, 1.54) is 58.8 Å². The van der Waals surface area contributed by atoms with Crippen molar-refractivity contribution in [1.82, 2.24) is 4.31 Å². The van der Waals surface area contributed by atoms with Crippen LogP contribution in [0.3, 0.4) is 0 Å². The van der Waals surface area contributed by atoms with Crippen LogP contribution in [-0.2, 0) is 19.6 Å². The molecule has 10 heteroatoms. The molecule has 2 amide bonds. The van der Waals surface area contributed by atoms with E-state index in [0.717, 1.165) is 0 Å². The van der Waals surface area contributed by atoms with Gasteiger partial charge in [0, 0.05) is 31.7 Å². The van der Waals surface area contributed by atoms with Crippen LogP contribution in [0.5, 0.6) is 5.75 Å². The van der Waals surface area contributed by atoms with Gasteiger partial charge in [-0.25, -0.2) is 12.8 Å². The number of anilines is 2. The number of benzene rings is 2. The second-order valence-electron chi connectivity index (χ2n) is 7.32. The van der Waals surface area contributed by atoms with E-state index < -0.39 is 27.7 Å². The lowest BCUT2D eigenvalue weighted by Gasteiger charge is -2.20. The minimum Gasteiger partial charge on any atom is -0.495 e. The molecule has 32 heavy (non-hydrogen) atoms. The number of nitrogens with zero attached hydrogens (tertiary/aromatic N) is 2. The van der Waals surface area contributed by atoms with Crippen molar-refractivity contribution in [3.8, 4) is 5.75 Å². The van der Waals surface area contributed by atoms with E-state index in [2.05, 4.69) is 5.32 Å². The first kappa shape index (κ1) is 23.7. The summed E-state index contributed by atoms with van der Waals surface area (Å²) >= 11 is 0. The lowest BCUT2D eigenvalue weighted by atomic mass is 10.1. The Morgan fingerprint density at radius 1 is 1.19 bits per heavy atom. The third kappa shape index (κ3) is 4.76. The Bertz CT molecular complexity index is 1100. The van der Waals surface area contributed by atoms with Crippen LogP contribution in [0.25, 0.3) is 0 Å². The quantitative estimate of drug-likeness (QED) is 0.650. The normalized spacial score (nSPS) is 16.5. The van der Waals surface area contributed by atoms with E-state index in [0.29, 0.717) is 24.5 Å². The Labute approximate surface area is 187 Å². The first-order valence-corrected chi connectivity index (χ1v) is 11.7. The van der Waals surface area contributed by atoms with Crippen molar-refractivity contribution < 1.29 is 27.1 Å². The van der Waals surface area contributed by atoms with Crippen LogP contribution in [0.2, 0.25) is 0 Å². The molecule has 1 saturated heterocycles. The second-order valence-corrected chi connectivity index (χ2v) is 9.26. The van der Waals surface area contributed by atoms with Gasteiger partial charge in [-0.1, -0.05) is 13.8 Å². The van der Waals surface area contributed by atoms with Gasteiger partial charge in [-0.3, -0.25) is 9.59 Å². The van der Waals surface area contributed by atoms with Crippen LogP contribution in [0.15, 0.2) is 47.4 Å². The zero-order chi connectivity index (χ0) is 23.5. The highest BCUT2D eigenvalue weighted by atomic mass is 32.2. The molecule has 1 aliphatic rings. The van der Waals surface area contributed by atoms with Crippen LogP contribution in [-0.4, -0.2) is 51.3 Å². The van der Waals surface area contributed by atoms with Crippen molar-refractivity contribution in [3.63, 3.8) is 0 Å². The van der Waals surface area contributed by atoms with Gasteiger partial charge in [-0.05, 0) is 42.5 Å². The number of ether oxygens (including phenoxy) is 1. The van der Waals surface area contributed by atoms with Gasteiger partial charge in [0.25, 0.3) is 0 Å². The summed E-state index contributed by atoms with van der Waals surface area (Å²) in [6.45, 7) is 4.26. The molecule has 1 heterocycles. The molecule has 3 rings (SSSR count). The topological polar surface area (TPSA) is 96.0 Å². The third-order valence-electron chi connectivity index (χ3n) is 5.41. The Balaban J connectivity index is 1.81. The van der Waals surface area contributed by atoms with Crippen molar-refractivity contribution >= 4 is 33.2 Å². The summed E-state index contributed by atoms with van der Waals surface area (Å²) in [5.41, 5.74) is 0.718. The molecular weight excluding hydrogens is 437 g/mol. The van der Waals surface area contributed by atoms with Crippen LogP contribution in [0.1, 0.15) is 20.3 Å². The summed E-state index contributed by atoms with van der Waals surface area (Å²) in [7, 11) is -2.31. The largest absolute Gasteiger partial charge is 0.495 e. The van der Waals surface area contributed by atoms with Crippen LogP contribution in [0.4, 0.5) is 15.8 Å². The molecule has 1 atom stereocenters. The van der Waals surface area contributed by atoms with Crippen molar-refractivity contribution in [3.05, 3.63) is 48.3 Å². The maximum atomic E-state index is 13.2. The highest BCUT2D eigenvalue weighted by Gasteiger charge is 2.35. The number of sulfonamides is 1. The van der Waals surface area contributed by atoms with Gasteiger partial charge in [-0.2, -0.15) is 4.31 Å². The molecule has 172 valence electrons. The molecular formula is C22H26FN3O5S. The smallest absolute Gasteiger partial charge is 0.243 e. The zero-order valence-electron chi connectivity index (χ0n) is 18.2. The molecule has 0 bridgehead atoms. The Morgan fingerprint density at radius 2 is 1.84 bits per heavy atom. The van der Waals surface area contributed by atoms with Gasteiger partial charge in [-0.15, -0.1) is 0 Å². The maximum Gasteiger partial charge on any atom is 0.243 e.